The molecule has 1 aromatic rings. The van der Waals surface area contributed by atoms with Crippen molar-refractivity contribution in [3.05, 3.63) is 28.8 Å². The molecule has 24 heavy (non-hydrogen) atoms. The minimum atomic E-state index is -0.0314. The van der Waals surface area contributed by atoms with Crippen molar-refractivity contribution in [2.24, 2.45) is 11.3 Å². The summed E-state index contributed by atoms with van der Waals surface area (Å²) in [6.45, 7) is 9.85. The van der Waals surface area contributed by atoms with Gasteiger partial charge in [-0.1, -0.05) is 34.1 Å². The Hall–Kier alpha value is -1.06. The molecule has 4 rings (SSSR count). The Bertz CT molecular complexity index is 667. The molecule has 2 fully saturated rings. The van der Waals surface area contributed by atoms with Gasteiger partial charge in [0.25, 0.3) is 0 Å². The summed E-state index contributed by atoms with van der Waals surface area (Å²) in [5, 5.41) is 10.6. The van der Waals surface area contributed by atoms with Crippen LogP contribution in [0.4, 0.5) is 0 Å². The second kappa shape index (κ2) is 5.22. The second-order valence-corrected chi connectivity index (χ2v) is 8.99. The predicted octanol–water partition coefficient (Wildman–Crippen LogP) is 4.68. The summed E-state index contributed by atoms with van der Waals surface area (Å²) in [6.07, 6.45) is 3.71. The van der Waals surface area contributed by atoms with Gasteiger partial charge in [0.1, 0.15) is 11.9 Å². The fraction of sp³-hybridized carbons (Fsp3) is 0.714. The molecule has 1 saturated carbocycles. The van der Waals surface area contributed by atoms with E-state index in [1.165, 1.54) is 24.0 Å². The molecular weight excluding hydrogens is 300 g/mol. The van der Waals surface area contributed by atoms with Crippen molar-refractivity contribution in [2.45, 2.75) is 70.5 Å². The van der Waals surface area contributed by atoms with Gasteiger partial charge in [0, 0.05) is 13.0 Å². The summed E-state index contributed by atoms with van der Waals surface area (Å²) in [7, 11) is 1.79. The molecule has 3 aliphatic rings. The van der Waals surface area contributed by atoms with Gasteiger partial charge in [-0.15, -0.1) is 0 Å². The van der Waals surface area contributed by atoms with Crippen LogP contribution in [0, 0.1) is 11.3 Å². The van der Waals surface area contributed by atoms with Crippen molar-refractivity contribution in [1.29, 1.82) is 0 Å². The van der Waals surface area contributed by atoms with Crippen LogP contribution in [0.2, 0.25) is 0 Å². The Kier molecular flexibility index (Phi) is 3.57. The van der Waals surface area contributed by atoms with E-state index in [9.17, 15) is 5.11 Å². The maximum atomic E-state index is 10.6. The number of rotatable bonds is 2. The Balaban J connectivity index is 1.95. The minimum absolute atomic E-state index is 0.0314. The molecule has 1 saturated heterocycles. The third-order valence-corrected chi connectivity index (χ3v) is 7.11. The minimum Gasteiger partial charge on any atom is -0.508 e. The second-order valence-electron chi connectivity index (χ2n) is 8.99. The van der Waals surface area contributed by atoms with Crippen LogP contribution in [0.3, 0.4) is 0 Å². The average molecular weight is 330 g/mol. The third-order valence-electron chi connectivity index (χ3n) is 7.11. The maximum absolute atomic E-state index is 10.6. The predicted molar refractivity (Wildman–Crippen MR) is 94.5 cm³/mol. The van der Waals surface area contributed by atoms with E-state index in [4.69, 9.17) is 9.47 Å². The first-order valence-electron chi connectivity index (χ1n) is 9.33. The normalized spacial score (nSPS) is 40.5. The molecule has 1 aromatic carbocycles. The molecule has 0 amide bonds. The van der Waals surface area contributed by atoms with Crippen molar-refractivity contribution >= 4 is 0 Å². The smallest absolute Gasteiger partial charge is 0.119 e. The number of hydrogen-bond donors (Lipinski definition) is 1. The topological polar surface area (TPSA) is 38.7 Å². The summed E-state index contributed by atoms with van der Waals surface area (Å²) >= 11 is 0. The first kappa shape index (κ1) is 16.4. The number of ether oxygens (including phenoxy) is 2. The van der Waals surface area contributed by atoms with Crippen LogP contribution >= 0.6 is 0 Å². The number of hydrogen-bond acceptors (Lipinski definition) is 3. The molecule has 0 spiro atoms. The largest absolute Gasteiger partial charge is 0.508 e. The molecule has 2 aliphatic carbocycles. The summed E-state index contributed by atoms with van der Waals surface area (Å²) in [5.74, 6) is 1.18. The zero-order valence-electron chi connectivity index (χ0n) is 15.6. The summed E-state index contributed by atoms with van der Waals surface area (Å²) in [6, 6.07) is 4.22. The van der Waals surface area contributed by atoms with Gasteiger partial charge in [0.05, 0.1) is 12.7 Å². The Morgan fingerprint density at radius 2 is 2.00 bits per heavy atom. The highest BCUT2D eigenvalue weighted by Gasteiger charge is 2.62. The van der Waals surface area contributed by atoms with Crippen molar-refractivity contribution in [1.82, 2.24) is 0 Å². The molecule has 1 N–H and O–H groups in total. The van der Waals surface area contributed by atoms with E-state index in [0.717, 1.165) is 18.6 Å². The molecule has 0 unspecified atom stereocenters. The monoisotopic (exact) mass is 330 g/mol. The van der Waals surface area contributed by atoms with Gasteiger partial charge >= 0.3 is 0 Å². The van der Waals surface area contributed by atoms with Crippen LogP contribution in [-0.2, 0) is 14.9 Å². The molecule has 3 heteroatoms. The fourth-order valence-corrected chi connectivity index (χ4v) is 6.06. The van der Waals surface area contributed by atoms with Crippen LogP contribution in [0.15, 0.2) is 12.1 Å². The van der Waals surface area contributed by atoms with Crippen molar-refractivity contribution in [3.8, 4) is 5.75 Å². The number of fused-ring (bicyclic) bond motifs is 2. The van der Waals surface area contributed by atoms with E-state index in [0.29, 0.717) is 17.6 Å². The van der Waals surface area contributed by atoms with Gasteiger partial charge in [-0.25, -0.2) is 0 Å². The van der Waals surface area contributed by atoms with Crippen LogP contribution in [0.25, 0.3) is 0 Å². The number of aromatic hydroxyl groups is 1. The highest BCUT2D eigenvalue weighted by atomic mass is 16.5. The molecular formula is C21H30O3. The molecule has 1 heterocycles. The fourth-order valence-electron chi connectivity index (χ4n) is 6.06. The molecule has 132 valence electrons. The van der Waals surface area contributed by atoms with E-state index in [1.54, 1.807) is 7.11 Å². The van der Waals surface area contributed by atoms with Crippen LogP contribution < -0.4 is 0 Å². The number of phenols is 1. The van der Waals surface area contributed by atoms with Crippen LogP contribution in [0.1, 0.15) is 75.7 Å². The molecule has 0 radical (unpaired) electrons. The van der Waals surface area contributed by atoms with Gasteiger partial charge in [0.15, 0.2) is 0 Å². The lowest BCUT2D eigenvalue weighted by molar-refractivity contribution is -0.0739. The summed E-state index contributed by atoms with van der Waals surface area (Å²) < 4.78 is 12.3. The van der Waals surface area contributed by atoms with Gasteiger partial charge < -0.3 is 14.6 Å². The van der Waals surface area contributed by atoms with Crippen LogP contribution in [0.5, 0.6) is 5.75 Å². The lowest BCUT2D eigenvalue weighted by Gasteiger charge is -2.54. The highest BCUT2D eigenvalue weighted by molar-refractivity contribution is 5.51. The Labute approximate surface area is 145 Å². The Morgan fingerprint density at radius 3 is 2.67 bits per heavy atom. The molecule has 1 aliphatic heterocycles. The zero-order chi connectivity index (χ0) is 17.3. The van der Waals surface area contributed by atoms with Gasteiger partial charge in [-0.2, -0.15) is 0 Å². The first-order valence-corrected chi connectivity index (χ1v) is 9.33. The van der Waals surface area contributed by atoms with E-state index in [1.807, 2.05) is 6.07 Å². The lowest BCUT2D eigenvalue weighted by Crippen LogP contribution is -2.53. The molecule has 0 aromatic heterocycles. The number of benzene rings is 1. The van der Waals surface area contributed by atoms with Gasteiger partial charge in [0.2, 0.25) is 0 Å². The average Bonchev–Trinajstić information content (AvgIpc) is 2.87. The SMILES string of the molecule is CO[C@H]1c2cc(C(C)C)c(O)cc2[C@@]2(C)CCC[C@@]3(C)CO[C@@H]1[C@@H]32. The van der Waals surface area contributed by atoms with E-state index in [2.05, 4.69) is 33.8 Å². The quantitative estimate of drug-likeness (QED) is 0.855. The van der Waals surface area contributed by atoms with E-state index < -0.39 is 0 Å². The van der Waals surface area contributed by atoms with Gasteiger partial charge in [-0.05, 0) is 58.4 Å². The first-order chi connectivity index (χ1) is 11.3. The number of methoxy groups -OCH3 is 1. The van der Waals surface area contributed by atoms with E-state index in [-0.39, 0.29) is 23.0 Å². The maximum Gasteiger partial charge on any atom is 0.119 e. The van der Waals surface area contributed by atoms with Crippen LogP contribution in [-0.4, -0.2) is 24.9 Å². The van der Waals surface area contributed by atoms with Gasteiger partial charge in [-0.3, -0.25) is 0 Å². The third kappa shape index (κ3) is 1.97. The summed E-state index contributed by atoms with van der Waals surface area (Å²) in [5.41, 5.74) is 3.81. The standard InChI is InChI=1S/C21H30O3/c1-12(2)13-9-14-15(10-16(13)22)21(4)8-6-7-20(3)11-24-18(19(20)21)17(14)23-5/h9-10,12,17-19,22H,6-8,11H2,1-5H3/t17-,18-,19-,20-,21+/m0/s1. The summed E-state index contributed by atoms with van der Waals surface area (Å²) in [4.78, 5) is 0. The molecule has 5 atom stereocenters. The zero-order valence-corrected chi connectivity index (χ0v) is 15.6. The Morgan fingerprint density at radius 1 is 1.25 bits per heavy atom. The number of phenolic OH excluding ortho intramolecular Hbond substituents is 1. The van der Waals surface area contributed by atoms with E-state index >= 15 is 0 Å². The van der Waals surface area contributed by atoms with Crippen molar-refractivity contribution in [2.75, 3.05) is 13.7 Å². The molecule has 0 bridgehead atoms. The highest BCUT2D eigenvalue weighted by Crippen LogP contribution is 2.64. The van der Waals surface area contributed by atoms with Crippen molar-refractivity contribution < 1.29 is 14.6 Å². The lowest BCUT2D eigenvalue weighted by atomic mass is 9.49. The molecule has 3 nitrogen and oxygen atoms in total. The van der Waals surface area contributed by atoms with Crippen molar-refractivity contribution in [3.63, 3.8) is 0 Å².